The van der Waals surface area contributed by atoms with Crippen LogP contribution in [0.3, 0.4) is 0 Å². The van der Waals surface area contributed by atoms with Crippen LogP contribution in [0, 0.1) is 0 Å². The summed E-state index contributed by atoms with van der Waals surface area (Å²) in [6.07, 6.45) is 0. The summed E-state index contributed by atoms with van der Waals surface area (Å²) in [4.78, 5) is 4.65. The van der Waals surface area contributed by atoms with Gasteiger partial charge in [0.1, 0.15) is 0 Å². The Hall–Kier alpha value is -1.80. The Balaban J connectivity index is 1.54. The molecule has 6 heteroatoms. The van der Waals surface area contributed by atoms with Crippen molar-refractivity contribution in [1.29, 1.82) is 0 Å². The lowest BCUT2D eigenvalue weighted by Gasteiger charge is -2.22. The minimum absolute atomic E-state index is 0.609. The molecule has 0 aliphatic rings. The van der Waals surface area contributed by atoms with Gasteiger partial charge in [-0.15, -0.1) is 0 Å². The van der Waals surface area contributed by atoms with Gasteiger partial charge in [0.25, 0.3) is 0 Å². The van der Waals surface area contributed by atoms with Crippen molar-refractivity contribution in [2.45, 2.75) is 13.1 Å². The molecule has 4 N–H and O–H groups in total. The first kappa shape index (κ1) is 24.5. The van der Waals surface area contributed by atoms with Crippen molar-refractivity contribution in [3.63, 3.8) is 0 Å². The summed E-state index contributed by atoms with van der Waals surface area (Å²) in [6, 6.07) is 20.9. The normalized spacial score (nSPS) is 11.5. The molecular formula is C24H38N4O2. The third-order valence-corrected chi connectivity index (χ3v) is 4.86. The van der Waals surface area contributed by atoms with Crippen LogP contribution in [0.4, 0.5) is 0 Å². The number of ether oxygens (including phenoxy) is 2. The fourth-order valence-corrected chi connectivity index (χ4v) is 3.30. The zero-order chi connectivity index (χ0) is 21.3. The number of nitrogens with zero attached hydrogens (tertiary/aromatic N) is 2. The predicted molar refractivity (Wildman–Crippen MR) is 123 cm³/mol. The van der Waals surface area contributed by atoms with Gasteiger partial charge in [0, 0.05) is 52.4 Å². The molecule has 0 heterocycles. The summed E-state index contributed by atoms with van der Waals surface area (Å²) in [7, 11) is 0. The predicted octanol–water partition coefficient (Wildman–Crippen LogP) is 1.94. The summed E-state index contributed by atoms with van der Waals surface area (Å²) in [5.41, 5.74) is 14.1. The van der Waals surface area contributed by atoms with Gasteiger partial charge < -0.3 is 20.9 Å². The monoisotopic (exact) mass is 414 g/mol. The Labute approximate surface area is 181 Å². The van der Waals surface area contributed by atoms with E-state index in [9.17, 15) is 0 Å². The topological polar surface area (TPSA) is 77.0 Å². The first-order valence-electron chi connectivity index (χ1n) is 10.9. The van der Waals surface area contributed by atoms with E-state index in [-0.39, 0.29) is 0 Å². The molecule has 0 spiro atoms. The fourth-order valence-electron chi connectivity index (χ4n) is 3.30. The van der Waals surface area contributed by atoms with Gasteiger partial charge in [0.05, 0.1) is 26.4 Å². The quantitative estimate of drug-likeness (QED) is 0.385. The summed E-state index contributed by atoms with van der Waals surface area (Å²) < 4.78 is 11.5. The van der Waals surface area contributed by atoms with Gasteiger partial charge in [0.15, 0.2) is 0 Å². The first-order chi connectivity index (χ1) is 14.8. The molecule has 0 atom stereocenters. The second-order valence-electron chi connectivity index (χ2n) is 7.33. The van der Waals surface area contributed by atoms with Crippen molar-refractivity contribution >= 4 is 0 Å². The zero-order valence-electron chi connectivity index (χ0n) is 18.1. The first-order valence-corrected chi connectivity index (χ1v) is 10.9. The molecule has 0 aromatic heterocycles. The van der Waals surface area contributed by atoms with Crippen LogP contribution in [-0.4, -0.2) is 75.5 Å². The fraction of sp³-hybridized carbons (Fsp3) is 0.500. The van der Waals surface area contributed by atoms with E-state index in [1.54, 1.807) is 0 Å². The lowest BCUT2D eigenvalue weighted by molar-refractivity contribution is 0.0303. The van der Waals surface area contributed by atoms with Crippen molar-refractivity contribution in [3.8, 4) is 0 Å². The Morgan fingerprint density at radius 3 is 1.30 bits per heavy atom. The van der Waals surface area contributed by atoms with Gasteiger partial charge in [-0.1, -0.05) is 60.7 Å². The molecule has 2 rings (SSSR count). The lowest BCUT2D eigenvalue weighted by Crippen LogP contribution is -2.33. The highest BCUT2D eigenvalue weighted by Gasteiger charge is 2.06. The summed E-state index contributed by atoms with van der Waals surface area (Å²) in [6.45, 7) is 9.16. The van der Waals surface area contributed by atoms with E-state index in [1.165, 1.54) is 11.1 Å². The van der Waals surface area contributed by atoms with Gasteiger partial charge in [-0.3, -0.25) is 9.80 Å². The molecule has 6 nitrogen and oxygen atoms in total. The van der Waals surface area contributed by atoms with Gasteiger partial charge in [-0.05, 0) is 11.1 Å². The van der Waals surface area contributed by atoms with Crippen molar-refractivity contribution < 1.29 is 9.47 Å². The van der Waals surface area contributed by atoms with Crippen molar-refractivity contribution in [2.75, 3.05) is 65.7 Å². The molecule has 0 unspecified atom stereocenters. The van der Waals surface area contributed by atoms with Crippen molar-refractivity contribution in [2.24, 2.45) is 11.5 Å². The second-order valence-corrected chi connectivity index (χ2v) is 7.33. The number of hydrogen-bond acceptors (Lipinski definition) is 6. The number of rotatable bonds is 17. The molecule has 30 heavy (non-hydrogen) atoms. The number of benzene rings is 2. The third-order valence-electron chi connectivity index (χ3n) is 4.86. The van der Waals surface area contributed by atoms with Crippen LogP contribution >= 0.6 is 0 Å². The highest BCUT2D eigenvalue weighted by molar-refractivity contribution is 5.15. The summed E-state index contributed by atoms with van der Waals surface area (Å²) in [5, 5.41) is 0. The number of nitrogens with two attached hydrogens (primary N) is 2. The highest BCUT2D eigenvalue weighted by Crippen LogP contribution is 2.05. The zero-order valence-corrected chi connectivity index (χ0v) is 18.1. The molecule has 0 radical (unpaired) electrons. The third kappa shape index (κ3) is 10.8. The molecule has 0 amide bonds. The molecule has 0 saturated carbocycles. The molecule has 166 valence electrons. The standard InChI is InChI=1S/C24H38N4O2/c25-11-13-27(21-23-7-3-1-4-8-23)15-17-29-19-20-30-18-16-28(14-12-26)22-24-9-5-2-6-10-24/h1-10H,11-22,25-26H2. The molecular weight excluding hydrogens is 376 g/mol. The van der Waals surface area contributed by atoms with Gasteiger partial charge in [-0.25, -0.2) is 0 Å². The van der Waals surface area contributed by atoms with Crippen LogP contribution in [0.15, 0.2) is 60.7 Å². The summed E-state index contributed by atoms with van der Waals surface area (Å²) >= 11 is 0. The van der Waals surface area contributed by atoms with E-state index in [0.717, 1.165) is 39.3 Å². The van der Waals surface area contributed by atoms with Crippen LogP contribution in [0.2, 0.25) is 0 Å². The highest BCUT2D eigenvalue weighted by atomic mass is 16.5. The van der Waals surface area contributed by atoms with Crippen LogP contribution in [0.5, 0.6) is 0 Å². The van der Waals surface area contributed by atoms with E-state index < -0.39 is 0 Å². The number of hydrogen-bond donors (Lipinski definition) is 2. The Bertz CT molecular complexity index is 585. The Kier molecular flexibility index (Phi) is 13.0. The van der Waals surface area contributed by atoms with Gasteiger partial charge in [0.2, 0.25) is 0 Å². The van der Waals surface area contributed by atoms with Crippen LogP contribution in [0.25, 0.3) is 0 Å². The van der Waals surface area contributed by atoms with E-state index >= 15 is 0 Å². The van der Waals surface area contributed by atoms with Gasteiger partial charge >= 0.3 is 0 Å². The molecule has 0 bridgehead atoms. The average molecular weight is 415 g/mol. The van der Waals surface area contributed by atoms with E-state index in [2.05, 4.69) is 58.3 Å². The maximum absolute atomic E-state index is 5.76. The van der Waals surface area contributed by atoms with E-state index in [1.807, 2.05) is 12.1 Å². The van der Waals surface area contributed by atoms with Crippen LogP contribution < -0.4 is 11.5 Å². The summed E-state index contributed by atoms with van der Waals surface area (Å²) in [5.74, 6) is 0. The molecule has 0 aliphatic carbocycles. The largest absolute Gasteiger partial charge is 0.378 e. The molecule has 2 aromatic rings. The van der Waals surface area contributed by atoms with Crippen molar-refractivity contribution in [3.05, 3.63) is 71.8 Å². The van der Waals surface area contributed by atoms with E-state index in [0.29, 0.717) is 39.5 Å². The molecule has 0 fully saturated rings. The molecule has 0 aliphatic heterocycles. The van der Waals surface area contributed by atoms with Crippen LogP contribution in [-0.2, 0) is 22.6 Å². The average Bonchev–Trinajstić information content (AvgIpc) is 2.77. The maximum Gasteiger partial charge on any atom is 0.0701 e. The second kappa shape index (κ2) is 16.0. The van der Waals surface area contributed by atoms with Crippen molar-refractivity contribution in [1.82, 2.24) is 9.80 Å². The minimum atomic E-state index is 0.609. The molecule has 2 aromatic carbocycles. The SMILES string of the molecule is NCCN(CCOCCOCCN(CCN)Cc1ccccc1)Cc1ccccc1. The Morgan fingerprint density at radius 2 is 0.933 bits per heavy atom. The minimum Gasteiger partial charge on any atom is -0.378 e. The van der Waals surface area contributed by atoms with E-state index in [4.69, 9.17) is 20.9 Å². The van der Waals surface area contributed by atoms with Crippen LogP contribution in [0.1, 0.15) is 11.1 Å². The lowest BCUT2D eigenvalue weighted by atomic mass is 10.2. The smallest absolute Gasteiger partial charge is 0.0701 e. The Morgan fingerprint density at radius 1 is 0.533 bits per heavy atom. The molecule has 0 saturated heterocycles. The van der Waals surface area contributed by atoms with Gasteiger partial charge in [-0.2, -0.15) is 0 Å². The maximum atomic E-state index is 5.76.